The Bertz CT molecular complexity index is 1840. The lowest BCUT2D eigenvalue weighted by Crippen LogP contribution is -2.50. The van der Waals surface area contributed by atoms with Crippen molar-refractivity contribution in [3.05, 3.63) is 137 Å². The van der Waals surface area contributed by atoms with Gasteiger partial charge in [-0.2, -0.15) is 0 Å². The van der Waals surface area contributed by atoms with Crippen molar-refractivity contribution in [2.24, 2.45) is 17.8 Å². The van der Waals surface area contributed by atoms with Crippen LogP contribution in [-0.2, 0) is 30.2 Å². The molecule has 3 heterocycles. The largest absolute Gasteiger partial charge is 0.468 e. The minimum Gasteiger partial charge on any atom is -0.468 e. The monoisotopic (exact) mass is 627 g/mol. The highest BCUT2D eigenvalue weighted by Crippen LogP contribution is 2.63. The van der Waals surface area contributed by atoms with Crippen LogP contribution >= 0.6 is 0 Å². The van der Waals surface area contributed by atoms with E-state index in [4.69, 9.17) is 18.9 Å². The molecule has 3 saturated heterocycles. The molecule has 7 heteroatoms. The summed E-state index contributed by atoms with van der Waals surface area (Å²) in [7, 11) is 1.40. The van der Waals surface area contributed by atoms with Crippen molar-refractivity contribution < 1.29 is 28.5 Å². The first-order valence-corrected chi connectivity index (χ1v) is 16.7. The molecule has 4 bridgehead atoms. The van der Waals surface area contributed by atoms with Gasteiger partial charge in [-0.05, 0) is 57.9 Å². The van der Waals surface area contributed by atoms with Gasteiger partial charge in [0.05, 0.1) is 25.7 Å². The summed E-state index contributed by atoms with van der Waals surface area (Å²) in [6.07, 6.45) is 1.47. The van der Waals surface area contributed by atoms with Gasteiger partial charge in [-0.15, -0.1) is 0 Å². The fourth-order valence-electron chi connectivity index (χ4n) is 9.55. The first-order valence-electron chi connectivity index (χ1n) is 16.7. The summed E-state index contributed by atoms with van der Waals surface area (Å²) in [5.74, 6) is 0.351. The number of carbonyl (C=O) groups is 2. The lowest BCUT2D eigenvalue weighted by Gasteiger charge is -2.54. The van der Waals surface area contributed by atoms with Crippen LogP contribution in [0.15, 0.2) is 103 Å². The molecule has 9 atom stereocenters. The molecule has 0 amide bonds. The standard InChI is InChI=1S/C40H37NO6/c1-44-39(43)40(20-23-10-4-2-5-11-23)21-31(37(41-40)24-12-6-3-7-13-24)38(42)46-25-16-17-28-29(18-25)34-26-14-8-9-15-27(26)35(28)36-30(34)19-33-45-22-32(36)47-33/h2-18,30-37,41H,19-22H2,1H3/t30?,31-,32?,33-,34?,35?,36?,37-,40+/m0/s1. The molecule has 0 saturated carbocycles. The average Bonchev–Trinajstić information content (AvgIpc) is 3.70. The lowest BCUT2D eigenvalue weighted by atomic mass is 9.52. The van der Waals surface area contributed by atoms with Crippen LogP contribution in [0.2, 0.25) is 0 Å². The Hall–Kier alpha value is -4.30. The Morgan fingerprint density at radius 3 is 2.32 bits per heavy atom. The van der Waals surface area contributed by atoms with E-state index < -0.39 is 17.5 Å². The van der Waals surface area contributed by atoms with E-state index in [9.17, 15) is 9.59 Å². The smallest absolute Gasteiger partial charge is 0.326 e. The number of benzene rings is 4. The average molecular weight is 628 g/mol. The third-order valence-corrected chi connectivity index (χ3v) is 11.4. The van der Waals surface area contributed by atoms with E-state index >= 15 is 0 Å². The Kier molecular flexibility index (Phi) is 6.85. The van der Waals surface area contributed by atoms with E-state index in [1.807, 2.05) is 66.7 Å². The van der Waals surface area contributed by atoms with Crippen LogP contribution in [0.4, 0.5) is 0 Å². The zero-order chi connectivity index (χ0) is 31.7. The maximum absolute atomic E-state index is 14.3. The molecule has 1 N–H and O–H groups in total. The summed E-state index contributed by atoms with van der Waals surface area (Å²) in [6.45, 7) is 0.650. The van der Waals surface area contributed by atoms with E-state index in [0.29, 0.717) is 30.6 Å². The van der Waals surface area contributed by atoms with E-state index in [-0.39, 0.29) is 42.6 Å². The summed E-state index contributed by atoms with van der Waals surface area (Å²) >= 11 is 0. The fourth-order valence-corrected chi connectivity index (χ4v) is 9.55. The molecule has 7 nitrogen and oxygen atoms in total. The van der Waals surface area contributed by atoms with Crippen molar-refractivity contribution in [1.82, 2.24) is 5.32 Å². The molecule has 0 radical (unpaired) electrons. The summed E-state index contributed by atoms with van der Waals surface area (Å²) in [5, 5.41) is 3.57. The second kappa shape index (κ2) is 11.2. The van der Waals surface area contributed by atoms with Gasteiger partial charge in [0.25, 0.3) is 0 Å². The fraction of sp³-hybridized carbons (Fsp3) is 0.350. The second-order valence-electron chi connectivity index (χ2n) is 13.8. The number of hydrogen-bond acceptors (Lipinski definition) is 7. The minimum absolute atomic E-state index is 0.0982. The molecule has 5 unspecified atom stereocenters. The van der Waals surface area contributed by atoms with Gasteiger partial charge in [0.1, 0.15) is 11.3 Å². The van der Waals surface area contributed by atoms with Crippen LogP contribution in [0, 0.1) is 17.8 Å². The Morgan fingerprint density at radius 2 is 1.55 bits per heavy atom. The van der Waals surface area contributed by atoms with Gasteiger partial charge < -0.3 is 18.9 Å². The molecule has 4 aromatic carbocycles. The maximum Gasteiger partial charge on any atom is 0.326 e. The van der Waals surface area contributed by atoms with Crippen molar-refractivity contribution in [2.75, 3.05) is 13.7 Å². The SMILES string of the molecule is COC(=O)[C@@]1(Cc2ccccc2)C[C@H](C(=O)Oc2ccc3c(c2)C2c4ccccc4C3C3C4CO[C@H](CC23)O4)[C@H](c2ccccc2)N1. The van der Waals surface area contributed by atoms with Gasteiger partial charge in [-0.1, -0.05) is 91.0 Å². The number of ether oxygens (including phenoxy) is 4. The van der Waals surface area contributed by atoms with Gasteiger partial charge in [-0.25, -0.2) is 0 Å². The predicted octanol–water partition coefficient (Wildman–Crippen LogP) is 6.07. The number of esters is 2. The summed E-state index contributed by atoms with van der Waals surface area (Å²) in [5.41, 5.74) is 6.10. The van der Waals surface area contributed by atoms with Gasteiger partial charge in [0.15, 0.2) is 6.29 Å². The molecule has 6 aliphatic rings. The van der Waals surface area contributed by atoms with Crippen molar-refractivity contribution in [1.29, 1.82) is 0 Å². The molecule has 3 aliphatic carbocycles. The first-order chi connectivity index (χ1) is 23.0. The minimum atomic E-state index is -1.08. The van der Waals surface area contributed by atoms with Crippen molar-refractivity contribution in [2.45, 2.75) is 55.1 Å². The van der Waals surface area contributed by atoms with E-state index in [2.05, 4.69) is 41.7 Å². The topological polar surface area (TPSA) is 83.1 Å². The predicted molar refractivity (Wildman–Crippen MR) is 174 cm³/mol. The number of nitrogens with one attached hydrogen (secondary N) is 1. The van der Waals surface area contributed by atoms with E-state index in [0.717, 1.165) is 17.5 Å². The quantitative estimate of drug-likeness (QED) is 0.205. The molecule has 4 aromatic rings. The normalized spacial score (nSPS) is 32.6. The zero-order valence-electron chi connectivity index (χ0n) is 26.2. The molecular weight excluding hydrogens is 590 g/mol. The van der Waals surface area contributed by atoms with E-state index in [1.54, 1.807) is 0 Å². The van der Waals surface area contributed by atoms with Crippen LogP contribution < -0.4 is 10.1 Å². The summed E-state index contributed by atoms with van der Waals surface area (Å²) in [6, 6.07) is 34.2. The van der Waals surface area contributed by atoms with Gasteiger partial charge in [-0.3, -0.25) is 14.9 Å². The molecule has 47 heavy (non-hydrogen) atoms. The Labute approximate surface area is 274 Å². The second-order valence-corrected chi connectivity index (χ2v) is 13.8. The van der Waals surface area contributed by atoms with Crippen LogP contribution in [0.25, 0.3) is 0 Å². The van der Waals surface area contributed by atoms with Gasteiger partial charge in [0.2, 0.25) is 0 Å². The van der Waals surface area contributed by atoms with Crippen LogP contribution in [0.1, 0.15) is 64.1 Å². The molecule has 0 aromatic heterocycles. The number of methoxy groups -OCH3 is 1. The number of carbonyl (C=O) groups excluding carboxylic acids is 2. The van der Waals surface area contributed by atoms with Crippen LogP contribution in [0.3, 0.4) is 0 Å². The third kappa shape index (κ3) is 4.59. The zero-order valence-corrected chi connectivity index (χ0v) is 26.2. The molecule has 3 fully saturated rings. The molecule has 0 spiro atoms. The van der Waals surface area contributed by atoms with Crippen LogP contribution in [0.5, 0.6) is 5.75 Å². The Balaban J connectivity index is 1.05. The van der Waals surface area contributed by atoms with Gasteiger partial charge in [0, 0.05) is 36.6 Å². The molecule has 238 valence electrons. The highest BCUT2D eigenvalue weighted by Gasteiger charge is 2.58. The lowest BCUT2D eigenvalue weighted by molar-refractivity contribution is -0.148. The number of rotatable bonds is 6. The first kappa shape index (κ1) is 28.9. The van der Waals surface area contributed by atoms with E-state index in [1.165, 1.54) is 29.4 Å². The molecule has 3 aliphatic heterocycles. The number of fused-ring (bicyclic) bond motifs is 2. The molecule has 10 rings (SSSR count). The maximum atomic E-state index is 14.3. The summed E-state index contributed by atoms with van der Waals surface area (Å²) in [4.78, 5) is 27.7. The molecular formula is C40H37NO6. The van der Waals surface area contributed by atoms with Crippen molar-refractivity contribution in [3.63, 3.8) is 0 Å². The summed E-state index contributed by atoms with van der Waals surface area (Å²) < 4.78 is 23.9. The van der Waals surface area contributed by atoms with Crippen molar-refractivity contribution in [3.8, 4) is 5.75 Å². The van der Waals surface area contributed by atoms with Crippen molar-refractivity contribution >= 4 is 11.9 Å². The van der Waals surface area contributed by atoms with Crippen LogP contribution in [-0.4, -0.2) is 43.6 Å². The highest BCUT2D eigenvalue weighted by molar-refractivity contribution is 5.85. The third-order valence-electron chi connectivity index (χ3n) is 11.4. The highest BCUT2D eigenvalue weighted by atomic mass is 16.7. The van der Waals surface area contributed by atoms with Gasteiger partial charge >= 0.3 is 11.9 Å². The Morgan fingerprint density at radius 1 is 0.851 bits per heavy atom. The number of hydrogen-bond donors (Lipinski definition) is 1.